The lowest BCUT2D eigenvalue weighted by atomic mass is 10.0. The minimum absolute atomic E-state index is 0.864. The molecule has 108 valence electrons. The third kappa shape index (κ3) is 1.40. The van der Waals surface area contributed by atoms with E-state index in [0.29, 0.717) is 0 Å². The molecule has 1 N–H and O–H groups in total. The number of hydrogen-bond donors (Lipinski definition) is 1. The zero-order valence-corrected chi connectivity index (χ0v) is 12.3. The third-order valence-electron chi connectivity index (χ3n) is 4.59. The second-order valence-corrected chi connectivity index (χ2v) is 5.74. The summed E-state index contributed by atoms with van der Waals surface area (Å²) in [6.45, 7) is 2.97. The molecule has 0 radical (unpaired) electrons. The van der Waals surface area contributed by atoms with Gasteiger partial charge in [0.05, 0.1) is 16.5 Å². The molecule has 0 atom stereocenters. The van der Waals surface area contributed by atoms with Crippen LogP contribution in [-0.4, -0.2) is 25.0 Å². The van der Waals surface area contributed by atoms with E-state index in [4.69, 9.17) is 4.98 Å². The van der Waals surface area contributed by atoms with Gasteiger partial charge in [-0.05, 0) is 25.3 Å². The van der Waals surface area contributed by atoms with Crippen LogP contribution in [0, 0.1) is 0 Å². The van der Waals surface area contributed by atoms with Crippen LogP contribution >= 0.6 is 0 Å². The van der Waals surface area contributed by atoms with Crippen LogP contribution in [0.2, 0.25) is 0 Å². The van der Waals surface area contributed by atoms with Crippen LogP contribution in [-0.2, 0) is 19.4 Å². The van der Waals surface area contributed by atoms with E-state index >= 15 is 0 Å². The molecule has 0 bridgehead atoms. The highest BCUT2D eigenvalue weighted by Gasteiger charge is 2.23. The maximum Gasteiger partial charge on any atom is 0.158 e. The summed E-state index contributed by atoms with van der Waals surface area (Å²) in [5.74, 6) is 0. The van der Waals surface area contributed by atoms with Gasteiger partial charge in [-0.1, -0.05) is 24.3 Å². The molecule has 3 aromatic heterocycles. The first-order chi connectivity index (χ1) is 10.9. The van der Waals surface area contributed by atoms with Crippen LogP contribution in [0.4, 0.5) is 0 Å². The molecule has 0 unspecified atom stereocenters. The SMILES string of the molecule is CCn1[nH]cc2c3nnc4c3c(nc21)CCc1ccccc1-4. The Morgan fingerprint density at radius 2 is 2.09 bits per heavy atom. The van der Waals surface area contributed by atoms with Crippen molar-refractivity contribution in [2.24, 2.45) is 0 Å². The molecule has 5 rings (SSSR count). The Labute approximate surface area is 127 Å². The maximum atomic E-state index is 4.93. The van der Waals surface area contributed by atoms with Gasteiger partial charge < -0.3 is 5.10 Å². The molecule has 3 heterocycles. The van der Waals surface area contributed by atoms with E-state index in [2.05, 4.69) is 51.2 Å². The summed E-state index contributed by atoms with van der Waals surface area (Å²) in [6, 6.07) is 8.48. The second kappa shape index (κ2) is 4.16. The van der Waals surface area contributed by atoms with Gasteiger partial charge in [0.1, 0.15) is 11.2 Å². The van der Waals surface area contributed by atoms with Crippen molar-refractivity contribution in [3.05, 3.63) is 41.7 Å². The standard InChI is InChI=1S/C17H15N5/c1-2-22-17-12(9-18-22)16-14-13(19-17)8-7-10-5-3-4-6-11(10)15(14)20-21-16/h3-6,9,18H,2,7-8H2,1H3. The van der Waals surface area contributed by atoms with Crippen LogP contribution in [0.5, 0.6) is 0 Å². The summed E-state index contributed by atoms with van der Waals surface area (Å²) in [5.41, 5.74) is 6.57. The number of hydrogen-bond acceptors (Lipinski definition) is 3. The third-order valence-corrected chi connectivity index (χ3v) is 4.59. The van der Waals surface area contributed by atoms with Gasteiger partial charge >= 0.3 is 0 Å². The van der Waals surface area contributed by atoms with Crippen LogP contribution in [0.1, 0.15) is 18.2 Å². The van der Waals surface area contributed by atoms with Crippen LogP contribution in [0.25, 0.3) is 33.2 Å². The Balaban J connectivity index is 1.94. The normalized spacial score (nSPS) is 13.5. The summed E-state index contributed by atoms with van der Waals surface area (Å²) < 4.78 is 2.05. The molecule has 0 saturated carbocycles. The first-order valence-corrected chi connectivity index (χ1v) is 7.68. The van der Waals surface area contributed by atoms with Crippen molar-refractivity contribution in [2.45, 2.75) is 26.3 Å². The van der Waals surface area contributed by atoms with E-state index in [1.807, 2.05) is 6.20 Å². The van der Waals surface area contributed by atoms with Crippen molar-refractivity contribution < 1.29 is 0 Å². The smallest absolute Gasteiger partial charge is 0.158 e. The molecule has 0 spiro atoms. The molecule has 0 amide bonds. The first-order valence-electron chi connectivity index (χ1n) is 7.68. The van der Waals surface area contributed by atoms with Gasteiger partial charge in [-0.3, -0.25) is 4.68 Å². The number of nitrogens with zero attached hydrogens (tertiary/aromatic N) is 4. The monoisotopic (exact) mass is 289 g/mol. The largest absolute Gasteiger partial charge is 0.304 e. The fourth-order valence-corrected chi connectivity index (χ4v) is 3.50. The average Bonchev–Trinajstić information content (AvgIpc) is 3.12. The second-order valence-electron chi connectivity index (χ2n) is 5.74. The Hall–Kier alpha value is -2.69. The zero-order valence-electron chi connectivity index (χ0n) is 12.3. The van der Waals surface area contributed by atoms with Gasteiger partial charge in [-0.2, -0.15) is 0 Å². The highest BCUT2D eigenvalue weighted by molar-refractivity contribution is 6.08. The van der Waals surface area contributed by atoms with Gasteiger partial charge in [0.2, 0.25) is 0 Å². The Morgan fingerprint density at radius 3 is 3.00 bits per heavy atom. The Morgan fingerprint density at radius 1 is 1.18 bits per heavy atom. The highest BCUT2D eigenvalue weighted by Crippen LogP contribution is 2.37. The lowest BCUT2D eigenvalue weighted by molar-refractivity contribution is 0.675. The number of nitrogens with one attached hydrogen (secondary N) is 1. The Kier molecular flexibility index (Phi) is 2.25. The predicted molar refractivity (Wildman–Crippen MR) is 85.7 cm³/mol. The van der Waals surface area contributed by atoms with Gasteiger partial charge in [-0.25, -0.2) is 4.98 Å². The van der Waals surface area contributed by atoms with Crippen molar-refractivity contribution in [1.29, 1.82) is 0 Å². The van der Waals surface area contributed by atoms with E-state index in [0.717, 1.165) is 52.7 Å². The van der Waals surface area contributed by atoms with Gasteiger partial charge in [0.25, 0.3) is 0 Å². The lowest BCUT2D eigenvalue weighted by Gasteiger charge is -2.03. The van der Waals surface area contributed by atoms with E-state index in [9.17, 15) is 0 Å². The molecule has 1 aliphatic carbocycles. The predicted octanol–water partition coefficient (Wildman–Crippen LogP) is 3.09. The molecule has 4 aromatic rings. The number of fused-ring (bicyclic) bond motifs is 4. The van der Waals surface area contributed by atoms with Crippen molar-refractivity contribution in [1.82, 2.24) is 25.0 Å². The number of benzene rings is 1. The summed E-state index contributed by atoms with van der Waals surface area (Å²) in [6.07, 6.45) is 3.91. The van der Waals surface area contributed by atoms with Crippen LogP contribution in [0.15, 0.2) is 30.5 Å². The maximum absolute atomic E-state index is 4.93. The van der Waals surface area contributed by atoms with E-state index in [1.54, 1.807) is 0 Å². The van der Waals surface area contributed by atoms with Crippen LogP contribution in [0.3, 0.4) is 0 Å². The van der Waals surface area contributed by atoms with Gasteiger partial charge in [-0.15, -0.1) is 10.2 Å². The minimum Gasteiger partial charge on any atom is -0.304 e. The van der Waals surface area contributed by atoms with E-state index in [-0.39, 0.29) is 0 Å². The van der Waals surface area contributed by atoms with Crippen molar-refractivity contribution in [3.63, 3.8) is 0 Å². The summed E-state index contributed by atoms with van der Waals surface area (Å²) in [7, 11) is 0. The molecule has 5 heteroatoms. The van der Waals surface area contributed by atoms with E-state index < -0.39 is 0 Å². The number of H-pyrrole nitrogens is 1. The molecule has 0 aliphatic heterocycles. The van der Waals surface area contributed by atoms with Crippen molar-refractivity contribution in [2.75, 3.05) is 0 Å². The fraction of sp³-hybridized carbons (Fsp3) is 0.235. The lowest BCUT2D eigenvalue weighted by Crippen LogP contribution is -2.00. The van der Waals surface area contributed by atoms with Gasteiger partial charge in [0, 0.05) is 18.3 Å². The quantitative estimate of drug-likeness (QED) is 0.586. The highest BCUT2D eigenvalue weighted by atomic mass is 15.3. The van der Waals surface area contributed by atoms with Crippen molar-refractivity contribution >= 4 is 21.9 Å². The average molecular weight is 289 g/mol. The van der Waals surface area contributed by atoms with E-state index in [1.165, 1.54) is 11.1 Å². The number of aromatic amines is 1. The number of aromatic nitrogens is 5. The van der Waals surface area contributed by atoms with Crippen molar-refractivity contribution in [3.8, 4) is 11.3 Å². The Bertz CT molecular complexity index is 1020. The molecule has 0 saturated heterocycles. The summed E-state index contributed by atoms with van der Waals surface area (Å²) >= 11 is 0. The van der Waals surface area contributed by atoms with Crippen LogP contribution < -0.4 is 0 Å². The summed E-state index contributed by atoms with van der Waals surface area (Å²) in [4.78, 5) is 4.93. The fourth-order valence-electron chi connectivity index (χ4n) is 3.50. The molecule has 5 nitrogen and oxygen atoms in total. The van der Waals surface area contributed by atoms with Gasteiger partial charge in [0.15, 0.2) is 5.65 Å². The summed E-state index contributed by atoms with van der Waals surface area (Å²) in [5, 5.41) is 14.4. The molecule has 22 heavy (non-hydrogen) atoms. The first kappa shape index (κ1) is 11.9. The number of rotatable bonds is 1. The molecular weight excluding hydrogens is 274 g/mol. The molecule has 0 fully saturated rings. The number of aryl methyl sites for hydroxylation is 3. The molecule has 1 aliphatic rings. The zero-order chi connectivity index (χ0) is 14.7. The minimum atomic E-state index is 0.864. The number of pyridine rings is 1. The molecular formula is C17H15N5. The molecule has 1 aromatic carbocycles. The topological polar surface area (TPSA) is 59.4 Å².